The number of sulfonamides is 1. The van der Waals surface area contributed by atoms with Crippen molar-refractivity contribution in [1.82, 2.24) is 4.72 Å². The molecular weight excluding hydrogens is 340 g/mol. The fourth-order valence-corrected chi connectivity index (χ4v) is 3.13. The third-order valence-electron chi connectivity index (χ3n) is 3.66. The lowest BCUT2D eigenvalue weighted by molar-refractivity contribution is -0.115. The fourth-order valence-electron chi connectivity index (χ4n) is 2.15. The van der Waals surface area contributed by atoms with E-state index in [0.29, 0.717) is 18.0 Å². The highest BCUT2D eigenvalue weighted by Crippen LogP contribution is 2.16. The van der Waals surface area contributed by atoms with Gasteiger partial charge in [-0.1, -0.05) is 6.07 Å². The molecule has 0 spiro atoms. The van der Waals surface area contributed by atoms with Gasteiger partial charge in [-0.05, 0) is 68.3 Å². The lowest BCUT2D eigenvalue weighted by Gasteiger charge is -2.10. The molecule has 0 radical (unpaired) electrons. The molecular formula is C18H22N2O4S. The number of carbonyl (C=O) groups is 1. The second-order valence-corrected chi connectivity index (χ2v) is 7.34. The van der Waals surface area contributed by atoms with Crippen molar-refractivity contribution in [3.8, 4) is 5.75 Å². The Morgan fingerprint density at radius 1 is 1.04 bits per heavy atom. The smallest absolute Gasteiger partial charge is 0.241 e. The Hall–Kier alpha value is -2.38. The highest BCUT2D eigenvalue weighted by Gasteiger charge is 2.15. The Morgan fingerprint density at radius 3 is 2.32 bits per heavy atom. The maximum Gasteiger partial charge on any atom is 0.241 e. The van der Waals surface area contributed by atoms with Crippen LogP contribution in [-0.4, -0.2) is 27.5 Å². The normalized spacial score (nSPS) is 11.2. The van der Waals surface area contributed by atoms with Crippen LogP contribution >= 0.6 is 0 Å². The Kier molecular flexibility index (Phi) is 6.17. The fraction of sp³-hybridized carbons (Fsp3) is 0.278. The molecule has 2 rings (SSSR count). The molecule has 2 aromatic rings. The van der Waals surface area contributed by atoms with E-state index in [0.717, 1.165) is 11.1 Å². The van der Waals surface area contributed by atoms with Crippen LogP contribution in [0, 0.1) is 13.8 Å². The summed E-state index contributed by atoms with van der Waals surface area (Å²) in [4.78, 5) is 12.0. The van der Waals surface area contributed by atoms with Crippen LogP contribution < -0.4 is 14.8 Å². The first-order valence-electron chi connectivity index (χ1n) is 7.91. The number of aryl methyl sites for hydroxylation is 2. The molecule has 0 unspecified atom stereocenters. The van der Waals surface area contributed by atoms with Gasteiger partial charge in [0.25, 0.3) is 0 Å². The van der Waals surface area contributed by atoms with E-state index in [9.17, 15) is 13.2 Å². The number of carbonyl (C=O) groups excluding carboxylic acids is 1. The number of amides is 1. The molecule has 0 aliphatic carbocycles. The average Bonchev–Trinajstić information content (AvgIpc) is 2.57. The zero-order chi connectivity index (χ0) is 18.4. The summed E-state index contributed by atoms with van der Waals surface area (Å²) in [5.74, 6) is 0.159. The van der Waals surface area contributed by atoms with Crippen LogP contribution in [0.1, 0.15) is 18.1 Å². The van der Waals surface area contributed by atoms with E-state index in [4.69, 9.17) is 4.74 Å². The summed E-state index contributed by atoms with van der Waals surface area (Å²) in [6.45, 7) is 5.93. The number of hydrogen-bond donors (Lipinski definition) is 2. The number of anilines is 1. The van der Waals surface area contributed by atoms with Crippen molar-refractivity contribution >= 4 is 21.6 Å². The minimum Gasteiger partial charge on any atom is -0.494 e. The van der Waals surface area contributed by atoms with E-state index in [1.54, 1.807) is 18.2 Å². The van der Waals surface area contributed by atoms with Gasteiger partial charge in [-0.2, -0.15) is 0 Å². The quantitative estimate of drug-likeness (QED) is 0.793. The van der Waals surface area contributed by atoms with Crippen molar-refractivity contribution in [3.05, 3.63) is 53.6 Å². The molecule has 1 amide bonds. The molecule has 0 heterocycles. The summed E-state index contributed by atoms with van der Waals surface area (Å²) >= 11 is 0. The Labute approximate surface area is 148 Å². The van der Waals surface area contributed by atoms with Gasteiger partial charge in [0.15, 0.2) is 0 Å². The molecule has 2 N–H and O–H groups in total. The van der Waals surface area contributed by atoms with Gasteiger partial charge in [-0.25, -0.2) is 13.1 Å². The van der Waals surface area contributed by atoms with E-state index in [-0.39, 0.29) is 11.4 Å². The summed E-state index contributed by atoms with van der Waals surface area (Å²) in [6.07, 6.45) is 0. The number of rotatable bonds is 7. The van der Waals surface area contributed by atoms with Crippen molar-refractivity contribution in [2.45, 2.75) is 25.7 Å². The van der Waals surface area contributed by atoms with Gasteiger partial charge < -0.3 is 10.1 Å². The van der Waals surface area contributed by atoms with Crippen LogP contribution in [-0.2, 0) is 14.8 Å². The summed E-state index contributed by atoms with van der Waals surface area (Å²) in [5.41, 5.74) is 2.80. The van der Waals surface area contributed by atoms with E-state index in [1.807, 2.05) is 32.9 Å². The minimum atomic E-state index is -3.76. The van der Waals surface area contributed by atoms with Gasteiger partial charge in [-0.15, -0.1) is 0 Å². The van der Waals surface area contributed by atoms with Crippen LogP contribution in [0.25, 0.3) is 0 Å². The summed E-state index contributed by atoms with van der Waals surface area (Å²) in [5, 5.41) is 2.67. The molecule has 0 aliphatic rings. The lowest BCUT2D eigenvalue weighted by Crippen LogP contribution is -2.32. The molecule has 0 aromatic heterocycles. The third kappa shape index (κ3) is 5.30. The molecule has 0 fully saturated rings. The largest absolute Gasteiger partial charge is 0.494 e. The van der Waals surface area contributed by atoms with Gasteiger partial charge in [0.05, 0.1) is 18.0 Å². The molecule has 0 atom stereocenters. The summed E-state index contributed by atoms with van der Waals surface area (Å²) in [6, 6.07) is 11.5. The second-order valence-electron chi connectivity index (χ2n) is 5.58. The summed E-state index contributed by atoms with van der Waals surface area (Å²) < 4.78 is 32.0. The van der Waals surface area contributed by atoms with Crippen LogP contribution in [0.5, 0.6) is 5.75 Å². The molecule has 7 heteroatoms. The topological polar surface area (TPSA) is 84.5 Å². The lowest BCUT2D eigenvalue weighted by atomic mass is 10.1. The van der Waals surface area contributed by atoms with Crippen molar-refractivity contribution < 1.29 is 17.9 Å². The molecule has 6 nitrogen and oxygen atoms in total. The van der Waals surface area contributed by atoms with Gasteiger partial charge in [0.1, 0.15) is 5.75 Å². The molecule has 25 heavy (non-hydrogen) atoms. The Bertz CT molecular complexity index is 846. The standard InChI is InChI=1S/C18H22N2O4S/c1-4-24-16-7-9-17(10-8-16)25(22,23)19-12-18(21)20-15-6-5-13(2)14(3)11-15/h5-11,19H,4,12H2,1-3H3,(H,20,21). The minimum absolute atomic E-state index is 0.0786. The van der Waals surface area contributed by atoms with E-state index < -0.39 is 15.9 Å². The van der Waals surface area contributed by atoms with Crippen LogP contribution in [0.15, 0.2) is 47.4 Å². The highest BCUT2D eigenvalue weighted by atomic mass is 32.2. The second kappa shape index (κ2) is 8.13. The van der Waals surface area contributed by atoms with Crippen molar-refractivity contribution in [1.29, 1.82) is 0 Å². The number of benzene rings is 2. The van der Waals surface area contributed by atoms with Gasteiger partial charge in [0.2, 0.25) is 15.9 Å². The first kappa shape index (κ1) is 19.0. The van der Waals surface area contributed by atoms with E-state index >= 15 is 0 Å². The SMILES string of the molecule is CCOc1ccc(S(=O)(=O)NCC(=O)Nc2ccc(C)c(C)c2)cc1. The average molecular weight is 362 g/mol. The molecule has 2 aromatic carbocycles. The van der Waals surface area contributed by atoms with Gasteiger partial charge >= 0.3 is 0 Å². The van der Waals surface area contributed by atoms with Crippen molar-refractivity contribution in [2.75, 3.05) is 18.5 Å². The predicted octanol–water partition coefficient (Wildman–Crippen LogP) is 2.62. The maximum absolute atomic E-state index is 12.2. The van der Waals surface area contributed by atoms with Crippen LogP contribution in [0.4, 0.5) is 5.69 Å². The molecule has 0 saturated heterocycles. The Balaban J connectivity index is 1.96. The number of ether oxygens (including phenoxy) is 1. The van der Waals surface area contributed by atoms with Crippen LogP contribution in [0.3, 0.4) is 0 Å². The van der Waals surface area contributed by atoms with Gasteiger partial charge in [-0.3, -0.25) is 4.79 Å². The highest BCUT2D eigenvalue weighted by molar-refractivity contribution is 7.89. The van der Waals surface area contributed by atoms with Gasteiger partial charge in [0, 0.05) is 5.69 Å². The molecule has 0 bridgehead atoms. The van der Waals surface area contributed by atoms with E-state index in [2.05, 4.69) is 10.0 Å². The Morgan fingerprint density at radius 2 is 1.72 bits per heavy atom. The number of nitrogens with one attached hydrogen (secondary N) is 2. The summed E-state index contributed by atoms with van der Waals surface area (Å²) in [7, 11) is -3.76. The maximum atomic E-state index is 12.2. The third-order valence-corrected chi connectivity index (χ3v) is 5.08. The van der Waals surface area contributed by atoms with Crippen molar-refractivity contribution in [2.24, 2.45) is 0 Å². The monoisotopic (exact) mass is 362 g/mol. The first-order chi connectivity index (χ1) is 11.8. The van der Waals surface area contributed by atoms with Crippen molar-refractivity contribution in [3.63, 3.8) is 0 Å². The predicted molar refractivity (Wildman–Crippen MR) is 97.3 cm³/mol. The first-order valence-corrected chi connectivity index (χ1v) is 9.40. The zero-order valence-electron chi connectivity index (χ0n) is 14.5. The van der Waals surface area contributed by atoms with Crippen LogP contribution in [0.2, 0.25) is 0 Å². The molecule has 0 aliphatic heterocycles. The van der Waals surface area contributed by atoms with E-state index in [1.165, 1.54) is 12.1 Å². The molecule has 0 saturated carbocycles. The number of hydrogen-bond acceptors (Lipinski definition) is 4. The zero-order valence-corrected chi connectivity index (χ0v) is 15.3. The molecule has 134 valence electrons.